The van der Waals surface area contributed by atoms with E-state index in [1.807, 2.05) is 4.90 Å². The molecule has 3 rings (SSSR count). The Kier molecular flexibility index (Phi) is 5.18. The normalized spacial score (nSPS) is 16.7. The van der Waals surface area contributed by atoms with Gasteiger partial charge in [-0.2, -0.15) is 13.2 Å². The lowest BCUT2D eigenvalue weighted by Crippen LogP contribution is -2.53. The molecule has 1 saturated heterocycles. The Labute approximate surface area is 161 Å². The molecule has 1 amide bonds. The van der Waals surface area contributed by atoms with E-state index >= 15 is 0 Å². The lowest BCUT2D eigenvalue weighted by Gasteiger charge is -2.43. The van der Waals surface area contributed by atoms with Crippen LogP contribution in [-0.2, 0) is 16.5 Å². The number of anilines is 2. The lowest BCUT2D eigenvalue weighted by atomic mass is 9.80. The number of rotatable bonds is 3. The van der Waals surface area contributed by atoms with Gasteiger partial charge in [-0.1, -0.05) is 12.1 Å². The number of hydrogen-bond donors (Lipinski definition) is 2. The van der Waals surface area contributed by atoms with Crippen LogP contribution >= 0.6 is 0 Å². The molecular weight excluding hydrogens is 371 g/mol. The second-order valence-electron chi connectivity index (χ2n) is 7.03. The van der Waals surface area contributed by atoms with Crippen molar-refractivity contribution in [3.8, 4) is 0 Å². The zero-order valence-corrected chi connectivity index (χ0v) is 15.7. The molecule has 0 bridgehead atoms. The van der Waals surface area contributed by atoms with Gasteiger partial charge in [-0.05, 0) is 37.5 Å². The van der Waals surface area contributed by atoms with Crippen LogP contribution < -0.4 is 16.0 Å². The molecule has 2 heterocycles. The molecular formula is C19H22F3N5O. The summed E-state index contributed by atoms with van der Waals surface area (Å²) in [6, 6.07) is 6.84. The van der Waals surface area contributed by atoms with Crippen LogP contribution in [0.1, 0.15) is 36.7 Å². The fourth-order valence-electron chi connectivity index (χ4n) is 3.67. The van der Waals surface area contributed by atoms with E-state index in [0.29, 0.717) is 49.0 Å². The number of alkyl halides is 3. The van der Waals surface area contributed by atoms with Crippen LogP contribution in [0.3, 0.4) is 0 Å². The van der Waals surface area contributed by atoms with Crippen molar-refractivity contribution in [2.24, 2.45) is 0 Å². The molecule has 1 fully saturated rings. The summed E-state index contributed by atoms with van der Waals surface area (Å²) in [7, 11) is 0. The number of halogens is 3. The van der Waals surface area contributed by atoms with Crippen molar-refractivity contribution in [1.82, 2.24) is 15.3 Å². The van der Waals surface area contributed by atoms with E-state index < -0.39 is 17.3 Å². The number of carbonyl (C=O) groups excluding carboxylic acids is 1. The van der Waals surface area contributed by atoms with Crippen molar-refractivity contribution in [2.75, 3.05) is 23.7 Å². The fourth-order valence-corrected chi connectivity index (χ4v) is 3.67. The van der Waals surface area contributed by atoms with E-state index in [0.717, 1.165) is 12.1 Å². The summed E-state index contributed by atoms with van der Waals surface area (Å²) in [6.45, 7) is 4.13. The van der Waals surface area contributed by atoms with Crippen LogP contribution in [0, 0.1) is 6.92 Å². The van der Waals surface area contributed by atoms with Crippen molar-refractivity contribution >= 4 is 17.5 Å². The Morgan fingerprint density at radius 3 is 2.46 bits per heavy atom. The molecule has 1 aliphatic heterocycles. The number of nitrogens with zero attached hydrogens (tertiary/aromatic N) is 3. The molecule has 0 saturated carbocycles. The van der Waals surface area contributed by atoms with Gasteiger partial charge in [0.15, 0.2) is 0 Å². The van der Waals surface area contributed by atoms with Gasteiger partial charge in [-0.25, -0.2) is 9.97 Å². The van der Waals surface area contributed by atoms with E-state index in [-0.39, 0.29) is 5.91 Å². The SMILES string of the molecule is CC(=O)NC1(c2cccc(C(F)(F)F)c2)CCN(c2cc(N)nc(C)n2)CC1. The zero-order valence-electron chi connectivity index (χ0n) is 15.7. The van der Waals surface area contributed by atoms with Crippen molar-refractivity contribution in [2.45, 2.75) is 38.4 Å². The standard InChI is InChI=1S/C19H22F3N5O/c1-12-24-16(23)11-17(25-12)27-8-6-18(7-9-27,26-13(2)28)14-4-3-5-15(10-14)19(20,21)22/h3-5,10-11H,6-9H2,1-2H3,(H,26,28)(H2,23,24,25). The zero-order chi connectivity index (χ0) is 20.5. The summed E-state index contributed by atoms with van der Waals surface area (Å²) >= 11 is 0. The van der Waals surface area contributed by atoms with Gasteiger partial charge in [0.25, 0.3) is 0 Å². The molecule has 0 spiro atoms. The van der Waals surface area contributed by atoms with Crippen LogP contribution in [0.15, 0.2) is 30.3 Å². The van der Waals surface area contributed by atoms with Crippen molar-refractivity contribution < 1.29 is 18.0 Å². The van der Waals surface area contributed by atoms with Gasteiger partial charge in [0.05, 0.1) is 11.1 Å². The fraction of sp³-hybridized carbons (Fsp3) is 0.421. The number of piperidine rings is 1. The Morgan fingerprint density at radius 2 is 1.89 bits per heavy atom. The maximum absolute atomic E-state index is 13.2. The number of carbonyl (C=O) groups is 1. The summed E-state index contributed by atoms with van der Waals surface area (Å²) in [4.78, 5) is 22.3. The molecule has 1 aromatic heterocycles. The first-order chi connectivity index (χ1) is 13.1. The number of nitrogen functional groups attached to an aromatic ring is 1. The summed E-state index contributed by atoms with van der Waals surface area (Å²) in [5, 5.41) is 2.89. The van der Waals surface area contributed by atoms with Gasteiger partial charge in [-0.15, -0.1) is 0 Å². The van der Waals surface area contributed by atoms with Gasteiger partial charge < -0.3 is 16.0 Å². The third-order valence-electron chi connectivity index (χ3n) is 4.94. The second kappa shape index (κ2) is 7.29. The summed E-state index contributed by atoms with van der Waals surface area (Å²) in [5.41, 5.74) is 4.66. The van der Waals surface area contributed by atoms with Crippen molar-refractivity contribution in [1.29, 1.82) is 0 Å². The molecule has 1 aromatic carbocycles. The molecule has 6 nitrogen and oxygen atoms in total. The summed E-state index contributed by atoms with van der Waals surface area (Å²) in [6.07, 6.45) is -3.56. The van der Waals surface area contributed by atoms with Gasteiger partial charge >= 0.3 is 6.18 Å². The minimum atomic E-state index is -4.44. The number of aromatic nitrogens is 2. The van der Waals surface area contributed by atoms with Gasteiger partial charge in [-0.3, -0.25) is 4.79 Å². The highest BCUT2D eigenvalue weighted by Crippen LogP contribution is 2.37. The molecule has 0 aliphatic carbocycles. The monoisotopic (exact) mass is 393 g/mol. The predicted molar refractivity (Wildman–Crippen MR) is 99.6 cm³/mol. The first kappa shape index (κ1) is 19.9. The molecule has 0 unspecified atom stereocenters. The highest BCUT2D eigenvalue weighted by atomic mass is 19.4. The molecule has 150 valence electrons. The Morgan fingerprint density at radius 1 is 1.21 bits per heavy atom. The third-order valence-corrected chi connectivity index (χ3v) is 4.94. The average Bonchev–Trinajstić information content (AvgIpc) is 2.60. The topological polar surface area (TPSA) is 84.1 Å². The summed E-state index contributed by atoms with van der Waals surface area (Å²) < 4.78 is 39.5. The van der Waals surface area contributed by atoms with E-state index in [1.165, 1.54) is 13.0 Å². The summed E-state index contributed by atoms with van der Waals surface area (Å²) in [5.74, 6) is 1.30. The van der Waals surface area contributed by atoms with Gasteiger partial charge in [0.2, 0.25) is 5.91 Å². The molecule has 0 radical (unpaired) electrons. The van der Waals surface area contributed by atoms with Crippen LogP contribution in [0.25, 0.3) is 0 Å². The molecule has 2 aromatic rings. The Balaban J connectivity index is 1.90. The van der Waals surface area contributed by atoms with E-state index in [4.69, 9.17) is 5.73 Å². The molecule has 28 heavy (non-hydrogen) atoms. The second-order valence-corrected chi connectivity index (χ2v) is 7.03. The maximum atomic E-state index is 13.2. The Hall–Kier alpha value is -2.84. The van der Waals surface area contributed by atoms with Crippen molar-refractivity contribution in [3.05, 3.63) is 47.3 Å². The predicted octanol–water partition coefficient (Wildman–Crippen LogP) is 3.02. The minimum Gasteiger partial charge on any atom is -0.384 e. The number of nitrogens with two attached hydrogens (primary N) is 1. The number of benzene rings is 1. The first-order valence-corrected chi connectivity index (χ1v) is 8.92. The van der Waals surface area contributed by atoms with E-state index in [2.05, 4.69) is 15.3 Å². The molecule has 3 N–H and O–H groups in total. The third kappa shape index (κ3) is 4.18. The lowest BCUT2D eigenvalue weighted by molar-refractivity contribution is -0.137. The van der Waals surface area contributed by atoms with E-state index in [9.17, 15) is 18.0 Å². The molecule has 0 atom stereocenters. The number of amides is 1. The highest BCUT2D eigenvalue weighted by molar-refractivity contribution is 5.74. The number of aryl methyl sites for hydroxylation is 1. The van der Waals surface area contributed by atoms with Crippen LogP contribution in [-0.4, -0.2) is 29.0 Å². The number of hydrogen-bond acceptors (Lipinski definition) is 5. The average molecular weight is 393 g/mol. The van der Waals surface area contributed by atoms with E-state index in [1.54, 1.807) is 19.1 Å². The minimum absolute atomic E-state index is 0.284. The Bertz CT molecular complexity index is 856. The maximum Gasteiger partial charge on any atom is 0.416 e. The highest BCUT2D eigenvalue weighted by Gasteiger charge is 2.39. The number of nitrogens with one attached hydrogen (secondary N) is 1. The molecule has 9 heteroatoms. The van der Waals surface area contributed by atoms with Gasteiger partial charge in [0.1, 0.15) is 17.5 Å². The smallest absolute Gasteiger partial charge is 0.384 e. The largest absolute Gasteiger partial charge is 0.416 e. The van der Waals surface area contributed by atoms with Crippen LogP contribution in [0.5, 0.6) is 0 Å². The molecule has 1 aliphatic rings. The van der Waals surface area contributed by atoms with Crippen LogP contribution in [0.4, 0.5) is 24.8 Å². The quantitative estimate of drug-likeness (QED) is 0.838. The first-order valence-electron chi connectivity index (χ1n) is 8.92. The van der Waals surface area contributed by atoms with Crippen molar-refractivity contribution in [3.63, 3.8) is 0 Å². The van der Waals surface area contributed by atoms with Gasteiger partial charge in [0, 0.05) is 26.1 Å². The van der Waals surface area contributed by atoms with Crippen LogP contribution in [0.2, 0.25) is 0 Å².